The molecule has 0 aliphatic rings. The maximum absolute atomic E-state index is 13.3. The van der Waals surface area contributed by atoms with Crippen LogP contribution >= 0.6 is 11.6 Å². The van der Waals surface area contributed by atoms with Gasteiger partial charge >= 0.3 is 0 Å². The van der Waals surface area contributed by atoms with Crippen molar-refractivity contribution in [2.75, 3.05) is 5.32 Å². The Hall–Kier alpha value is -2.01. The Kier molecular flexibility index (Phi) is 3.53. The van der Waals surface area contributed by atoms with Crippen LogP contribution < -0.4 is 5.32 Å². The van der Waals surface area contributed by atoms with Crippen LogP contribution in [0.2, 0.25) is 5.02 Å². The molecule has 0 spiro atoms. The summed E-state index contributed by atoms with van der Waals surface area (Å²) in [5.41, 5.74) is -0.229. The Morgan fingerprint density at radius 2 is 2.06 bits per heavy atom. The number of hydrogen-bond acceptors (Lipinski definition) is 2. The van der Waals surface area contributed by atoms with Crippen LogP contribution in [-0.2, 0) is 0 Å². The normalized spacial score (nSPS) is 10.2. The van der Waals surface area contributed by atoms with E-state index in [0.717, 1.165) is 6.07 Å². The van der Waals surface area contributed by atoms with Crippen LogP contribution in [0.15, 0.2) is 36.5 Å². The summed E-state index contributed by atoms with van der Waals surface area (Å²) >= 11 is 5.69. The molecular formula is C12H7ClF2N2O. The number of nitrogens with zero attached hydrogens (tertiary/aromatic N) is 1. The molecule has 2 aromatic rings. The van der Waals surface area contributed by atoms with Gasteiger partial charge in [0, 0.05) is 11.2 Å². The summed E-state index contributed by atoms with van der Waals surface area (Å²) in [6, 6.07) is 6.33. The first-order chi connectivity index (χ1) is 8.58. The summed E-state index contributed by atoms with van der Waals surface area (Å²) in [7, 11) is 0. The number of carbonyl (C=O) groups is 1. The summed E-state index contributed by atoms with van der Waals surface area (Å²) in [6.45, 7) is 0. The summed E-state index contributed by atoms with van der Waals surface area (Å²) in [6.07, 6.45) is 1.35. The molecular weight excluding hydrogens is 262 g/mol. The maximum Gasteiger partial charge on any atom is 0.274 e. The van der Waals surface area contributed by atoms with Gasteiger partial charge in [-0.1, -0.05) is 17.7 Å². The Morgan fingerprint density at radius 3 is 2.78 bits per heavy atom. The van der Waals surface area contributed by atoms with Gasteiger partial charge < -0.3 is 5.32 Å². The molecule has 1 aromatic carbocycles. The quantitative estimate of drug-likeness (QED) is 0.908. The van der Waals surface area contributed by atoms with Gasteiger partial charge in [0.15, 0.2) is 11.6 Å². The van der Waals surface area contributed by atoms with Crippen molar-refractivity contribution in [3.05, 3.63) is 58.9 Å². The number of carbonyl (C=O) groups excluding carboxylic acids is 1. The number of aromatic nitrogens is 1. The number of nitrogens with one attached hydrogen (secondary N) is 1. The van der Waals surface area contributed by atoms with Crippen molar-refractivity contribution in [2.45, 2.75) is 0 Å². The molecule has 0 saturated carbocycles. The van der Waals surface area contributed by atoms with Gasteiger partial charge in [0.2, 0.25) is 0 Å². The first-order valence-electron chi connectivity index (χ1n) is 4.95. The van der Waals surface area contributed by atoms with Crippen LogP contribution in [0.3, 0.4) is 0 Å². The fraction of sp³-hybridized carbons (Fsp3) is 0. The van der Waals surface area contributed by atoms with Gasteiger partial charge in [-0.15, -0.1) is 0 Å². The monoisotopic (exact) mass is 268 g/mol. The van der Waals surface area contributed by atoms with Crippen molar-refractivity contribution < 1.29 is 13.6 Å². The lowest BCUT2D eigenvalue weighted by molar-refractivity contribution is 0.102. The molecule has 2 rings (SSSR count). The second-order valence-corrected chi connectivity index (χ2v) is 3.85. The van der Waals surface area contributed by atoms with E-state index in [1.807, 2.05) is 0 Å². The zero-order valence-electron chi connectivity index (χ0n) is 8.95. The minimum atomic E-state index is -1.12. The smallest absolute Gasteiger partial charge is 0.274 e. The fourth-order valence-electron chi connectivity index (χ4n) is 1.32. The Labute approximate surface area is 106 Å². The SMILES string of the molecule is O=C(Nc1cccc(F)c1F)c1cc(Cl)ccn1. The minimum absolute atomic E-state index is 0.0196. The van der Waals surface area contributed by atoms with E-state index in [-0.39, 0.29) is 11.4 Å². The van der Waals surface area contributed by atoms with E-state index in [1.54, 1.807) is 0 Å². The number of hydrogen-bond donors (Lipinski definition) is 1. The van der Waals surface area contributed by atoms with E-state index in [1.165, 1.54) is 30.5 Å². The van der Waals surface area contributed by atoms with E-state index in [9.17, 15) is 13.6 Å². The predicted molar refractivity (Wildman–Crippen MR) is 63.6 cm³/mol. The van der Waals surface area contributed by atoms with E-state index in [2.05, 4.69) is 10.3 Å². The Balaban J connectivity index is 2.24. The second kappa shape index (κ2) is 5.10. The predicted octanol–water partition coefficient (Wildman–Crippen LogP) is 3.27. The highest BCUT2D eigenvalue weighted by molar-refractivity contribution is 6.30. The number of rotatable bonds is 2. The topological polar surface area (TPSA) is 42.0 Å². The van der Waals surface area contributed by atoms with Crippen molar-refractivity contribution in [3.8, 4) is 0 Å². The summed E-state index contributed by atoms with van der Waals surface area (Å²) < 4.78 is 26.3. The molecule has 1 N–H and O–H groups in total. The van der Waals surface area contributed by atoms with Gasteiger partial charge in [-0.2, -0.15) is 0 Å². The van der Waals surface area contributed by atoms with Crippen LogP contribution in [-0.4, -0.2) is 10.9 Å². The molecule has 1 amide bonds. The number of benzene rings is 1. The second-order valence-electron chi connectivity index (χ2n) is 3.41. The lowest BCUT2D eigenvalue weighted by atomic mass is 10.2. The molecule has 0 atom stereocenters. The van der Waals surface area contributed by atoms with Gasteiger partial charge in [-0.3, -0.25) is 9.78 Å². The summed E-state index contributed by atoms with van der Waals surface area (Å²) in [5, 5.41) is 2.55. The lowest BCUT2D eigenvalue weighted by Crippen LogP contribution is -2.14. The molecule has 1 aromatic heterocycles. The number of halogens is 3. The molecule has 6 heteroatoms. The largest absolute Gasteiger partial charge is 0.318 e. The van der Waals surface area contributed by atoms with Crippen molar-refractivity contribution in [1.82, 2.24) is 4.98 Å². The van der Waals surface area contributed by atoms with Gasteiger partial charge in [-0.05, 0) is 24.3 Å². The third-order valence-corrected chi connectivity index (χ3v) is 2.39. The van der Waals surface area contributed by atoms with Gasteiger partial charge in [0.05, 0.1) is 5.69 Å². The number of anilines is 1. The van der Waals surface area contributed by atoms with E-state index < -0.39 is 17.5 Å². The van der Waals surface area contributed by atoms with Gasteiger partial charge in [0.25, 0.3) is 5.91 Å². The number of pyridine rings is 1. The van der Waals surface area contributed by atoms with E-state index in [0.29, 0.717) is 5.02 Å². The maximum atomic E-state index is 13.3. The van der Waals surface area contributed by atoms with Crippen molar-refractivity contribution in [1.29, 1.82) is 0 Å². The third-order valence-electron chi connectivity index (χ3n) is 2.15. The van der Waals surface area contributed by atoms with Crippen LogP contribution in [0.5, 0.6) is 0 Å². The van der Waals surface area contributed by atoms with Crippen LogP contribution in [0.1, 0.15) is 10.5 Å². The summed E-state index contributed by atoms with van der Waals surface area (Å²) in [4.78, 5) is 15.5. The van der Waals surface area contributed by atoms with Gasteiger partial charge in [-0.25, -0.2) is 8.78 Å². The first-order valence-corrected chi connectivity index (χ1v) is 5.32. The molecule has 0 fully saturated rings. The standard InChI is InChI=1S/C12H7ClF2N2O/c13-7-4-5-16-10(6-7)12(18)17-9-3-1-2-8(14)11(9)15/h1-6H,(H,17,18). The van der Waals surface area contributed by atoms with E-state index in [4.69, 9.17) is 11.6 Å². The van der Waals surface area contributed by atoms with Crippen molar-refractivity contribution in [2.24, 2.45) is 0 Å². The highest BCUT2D eigenvalue weighted by Gasteiger charge is 2.13. The Bertz CT molecular complexity index is 604. The van der Waals surface area contributed by atoms with E-state index >= 15 is 0 Å². The molecule has 3 nitrogen and oxygen atoms in total. The molecule has 18 heavy (non-hydrogen) atoms. The van der Waals surface area contributed by atoms with Crippen molar-refractivity contribution >= 4 is 23.2 Å². The minimum Gasteiger partial charge on any atom is -0.318 e. The molecule has 0 unspecified atom stereocenters. The molecule has 0 aliphatic heterocycles. The highest BCUT2D eigenvalue weighted by Crippen LogP contribution is 2.17. The molecule has 0 radical (unpaired) electrons. The van der Waals surface area contributed by atoms with Crippen LogP contribution in [0.4, 0.5) is 14.5 Å². The highest BCUT2D eigenvalue weighted by atomic mass is 35.5. The zero-order chi connectivity index (χ0) is 13.1. The summed E-state index contributed by atoms with van der Waals surface area (Å²) in [5.74, 6) is -2.82. The molecule has 0 saturated heterocycles. The zero-order valence-corrected chi connectivity index (χ0v) is 9.71. The average Bonchev–Trinajstić information content (AvgIpc) is 2.35. The van der Waals surface area contributed by atoms with Crippen LogP contribution in [0.25, 0.3) is 0 Å². The molecule has 0 bridgehead atoms. The molecule has 92 valence electrons. The lowest BCUT2D eigenvalue weighted by Gasteiger charge is -2.06. The number of amides is 1. The van der Waals surface area contributed by atoms with Crippen LogP contribution in [0, 0.1) is 11.6 Å². The Morgan fingerprint density at radius 1 is 1.28 bits per heavy atom. The van der Waals surface area contributed by atoms with Crippen molar-refractivity contribution in [3.63, 3.8) is 0 Å². The molecule has 1 heterocycles. The average molecular weight is 269 g/mol. The molecule has 0 aliphatic carbocycles. The fourth-order valence-corrected chi connectivity index (χ4v) is 1.48. The third kappa shape index (κ3) is 2.62. The first kappa shape index (κ1) is 12.4. The van der Waals surface area contributed by atoms with Gasteiger partial charge in [0.1, 0.15) is 5.69 Å².